The van der Waals surface area contributed by atoms with E-state index in [1.165, 1.54) is 19.3 Å². The lowest BCUT2D eigenvalue weighted by molar-refractivity contribution is -0.175. The highest BCUT2D eigenvalue weighted by Crippen LogP contribution is 2.68. The first kappa shape index (κ1) is 28.0. The third-order valence-electron chi connectivity index (χ3n) is 11.5. The number of hydrogen-bond donors (Lipinski definition) is 1. The third-order valence-corrected chi connectivity index (χ3v) is 11.5. The van der Waals surface area contributed by atoms with Gasteiger partial charge in [0.05, 0.1) is 12.2 Å². The molecule has 0 radical (unpaired) electrons. The maximum absolute atomic E-state index is 13.8. The second-order valence-electron chi connectivity index (χ2n) is 13.5. The molecular weight excluding hydrogens is 478 g/mol. The molecule has 212 valence electrons. The van der Waals surface area contributed by atoms with E-state index >= 15 is 0 Å². The van der Waals surface area contributed by atoms with E-state index < -0.39 is 5.60 Å². The number of fused-ring (bicyclic) bond motifs is 5. The molecule has 4 saturated carbocycles. The van der Waals surface area contributed by atoms with Gasteiger partial charge in [0, 0.05) is 20.1 Å². The minimum absolute atomic E-state index is 0.0431. The third kappa shape index (κ3) is 4.60. The highest BCUT2D eigenvalue weighted by atomic mass is 16.5. The van der Waals surface area contributed by atoms with Gasteiger partial charge in [0.2, 0.25) is 0 Å². The highest BCUT2D eigenvalue weighted by Gasteiger charge is 2.63. The van der Waals surface area contributed by atoms with Crippen LogP contribution in [0.5, 0.6) is 0 Å². The van der Waals surface area contributed by atoms with Gasteiger partial charge in [0.25, 0.3) is 0 Å². The number of aromatic nitrogens is 3. The molecule has 1 aromatic rings. The van der Waals surface area contributed by atoms with Gasteiger partial charge in [-0.15, -0.1) is 0 Å². The summed E-state index contributed by atoms with van der Waals surface area (Å²) in [7, 11) is 3.52. The fourth-order valence-corrected chi connectivity index (χ4v) is 9.68. The Morgan fingerprint density at radius 2 is 1.89 bits per heavy atom. The van der Waals surface area contributed by atoms with Crippen molar-refractivity contribution in [2.24, 2.45) is 40.4 Å². The Morgan fingerprint density at radius 1 is 1.11 bits per heavy atom. The second-order valence-corrected chi connectivity index (χ2v) is 13.5. The lowest BCUT2D eigenvalue weighted by Gasteiger charge is -2.62. The molecule has 7 nitrogen and oxygen atoms in total. The Morgan fingerprint density at radius 3 is 2.61 bits per heavy atom. The van der Waals surface area contributed by atoms with Crippen LogP contribution in [-0.2, 0) is 20.8 Å². The monoisotopic (exact) mass is 527 g/mol. The predicted molar refractivity (Wildman–Crippen MR) is 147 cm³/mol. The van der Waals surface area contributed by atoms with E-state index in [1.807, 2.05) is 40.0 Å². The van der Waals surface area contributed by atoms with Crippen molar-refractivity contribution in [3.05, 3.63) is 17.5 Å². The normalized spacial score (nSPS) is 41.5. The smallest absolute Gasteiger partial charge is 0.159 e. The van der Waals surface area contributed by atoms with Crippen LogP contribution >= 0.6 is 0 Å². The summed E-state index contributed by atoms with van der Waals surface area (Å²) in [4.78, 5) is 15.4. The lowest BCUT2D eigenvalue weighted by Crippen LogP contribution is -2.58. The first-order valence-corrected chi connectivity index (χ1v) is 14.9. The quantitative estimate of drug-likeness (QED) is 0.472. The molecule has 4 aliphatic rings. The summed E-state index contributed by atoms with van der Waals surface area (Å²) >= 11 is 0. The number of Topliss-reactive ketones (excluding diaryl/α,β-unsaturated/α-hetero) is 1. The van der Waals surface area contributed by atoms with Crippen molar-refractivity contribution in [2.75, 3.05) is 20.8 Å². The largest absolute Gasteiger partial charge is 0.390 e. The van der Waals surface area contributed by atoms with E-state index in [1.54, 1.807) is 11.9 Å². The molecular formula is C31H49N3O4. The molecule has 0 aromatic carbocycles. The maximum Gasteiger partial charge on any atom is 0.159 e. The zero-order valence-electron chi connectivity index (χ0n) is 24.4. The predicted octanol–water partition coefficient (Wildman–Crippen LogP) is 5.62. The fraction of sp³-hybridized carbons (Fsp3) is 0.839. The van der Waals surface area contributed by atoms with E-state index in [2.05, 4.69) is 17.1 Å². The van der Waals surface area contributed by atoms with Gasteiger partial charge >= 0.3 is 0 Å². The molecule has 4 aliphatic carbocycles. The number of nitrogens with zero attached hydrogens (tertiary/aromatic N) is 3. The standard InChI is InChI=1S/C31H49N3O4/c1-7-8-26-28(20(2)38-6)33-34(32-26)18-27(35)25-12-11-23-22-10-9-21-17-29(3,36)15-16-31(21,19-37-5)24(22)13-14-30(23,25)4/h7-8,20-25,36H,9-19H2,1-6H3/b8-7-/t20?,21-,22-,23-,24-,25+,29+,30-,31+/m0/s1. The molecule has 9 atom stereocenters. The molecule has 0 saturated heterocycles. The maximum atomic E-state index is 13.8. The Kier molecular flexibility index (Phi) is 7.69. The van der Waals surface area contributed by atoms with Crippen LogP contribution in [0.3, 0.4) is 0 Å². The lowest BCUT2D eigenvalue weighted by atomic mass is 9.43. The number of aliphatic hydroxyl groups is 1. The van der Waals surface area contributed by atoms with Crippen LogP contribution in [0.2, 0.25) is 0 Å². The summed E-state index contributed by atoms with van der Waals surface area (Å²) in [6.07, 6.45) is 13.3. The number of allylic oxidation sites excluding steroid dienone is 1. The van der Waals surface area contributed by atoms with Gasteiger partial charge in [-0.2, -0.15) is 15.0 Å². The van der Waals surface area contributed by atoms with Crippen molar-refractivity contribution in [1.29, 1.82) is 0 Å². The van der Waals surface area contributed by atoms with Crippen molar-refractivity contribution < 1.29 is 19.4 Å². The molecule has 1 aromatic heterocycles. The Hall–Kier alpha value is -1.57. The average Bonchev–Trinajstić information content (AvgIpc) is 3.44. The zero-order chi connectivity index (χ0) is 27.3. The number of carbonyl (C=O) groups excluding carboxylic acids is 1. The summed E-state index contributed by atoms with van der Waals surface area (Å²) in [6.45, 7) is 9.39. The van der Waals surface area contributed by atoms with Crippen LogP contribution < -0.4 is 0 Å². The summed E-state index contributed by atoms with van der Waals surface area (Å²) in [5, 5.41) is 20.2. The molecule has 1 N–H and O–H groups in total. The Labute approximate surface area is 228 Å². The van der Waals surface area contributed by atoms with E-state index in [9.17, 15) is 9.90 Å². The minimum atomic E-state index is -0.545. The van der Waals surface area contributed by atoms with Crippen LogP contribution in [0.4, 0.5) is 0 Å². The Balaban J connectivity index is 1.35. The SMILES string of the molecule is C/C=C\c1nn(CC(=O)[C@H]2CC[C@H]3[C@@H]4CC[C@H]5C[C@](C)(O)CC[C@]5(COC)[C@H]4CC[C@]23C)nc1C(C)OC. The molecule has 4 fully saturated rings. The van der Waals surface area contributed by atoms with Crippen LogP contribution in [-0.4, -0.2) is 52.3 Å². The molecule has 1 unspecified atom stereocenters. The van der Waals surface area contributed by atoms with E-state index in [4.69, 9.17) is 9.47 Å². The molecule has 7 heteroatoms. The van der Waals surface area contributed by atoms with Gasteiger partial charge in [0.1, 0.15) is 24.0 Å². The van der Waals surface area contributed by atoms with Crippen LogP contribution in [0.1, 0.15) is 103 Å². The van der Waals surface area contributed by atoms with E-state index in [0.717, 1.165) is 56.5 Å². The van der Waals surface area contributed by atoms with Crippen molar-refractivity contribution in [1.82, 2.24) is 15.0 Å². The van der Waals surface area contributed by atoms with E-state index in [0.29, 0.717) is 23.7 Å². The number of ketones is 1. The van der Waals surface area contributed by atoms with Gasteiger partial charge in [-0.3, -0.25) is 4.79 Å². The number of methoxy groups -OCH3 is 2. The first-order valence-electron chi connectivity index (χ1n) is 14.9. The first-order chi connectivity index (χ1) is 18.1. The zero-order valence-corrected chi connectivity index (χ0v) is 24.4. The summed E-state index contributed by atoms with van der Waals surface area (Å²) in [6, 6.07) is 0. The molecule has 0 amide bonds. The molecule has 0 aliphatic heterocycles. The summed E-state index contributed by atoms with van der Waals surface area (Å²) in [5.74, 6) is 2.76. The fourth-order valence-electron chi connectivity index (χ4n) is 9.68. The van der Waals surface area contributed by atoms with Gasteiger partial charge in [-0.1, -0.05) is 13.0 Å². The van der Waals surface area contributed by atoms with Gasteiger partial charge in [-0.25, -0.2) is 0 Å². The van der Waals surface area contributed by atoms with Crippen LogP contribution in [0.15, 0.2) is 6.08 Å². The van der Waals surface area contributed by atoms with Gasteiger partial charge in [0.15, 0.2) is 5.78 Å². The Bertz CT molecular complexity index is 1050. The van der Waals surface area contributed by atoms with Crippen molar-refractivity contribution in [2.45, 2.75) is 104 Å². The molecule has 0 bridgehead atoms. The molecule has 0 spiro atoms. The molecule has 1 heterocycles. The topological polar surface area (TPSA) is 86.5 Å². The number of rotatable bonds is 8. The molecule has 38 heavy (non-hydrogen) atoms. The van der Waals surface area contributed by atoms with Crippen LogP contribution in [0.25, 0.3) is 6.08 Å². The van der Waals surface area contributed by atoms with Crippen LogP contribution in [0, 0.1) is 40.4 Å². The number of hydrogen-bond acceptors (Lipinski definition) is 6. The van der Waals surface area contributed by atoms with Crippen molar-refractivity contribution in [3.8, 4) is 0 Å². The van der Waals surface area contributed by atoms with Crippen molar-refractivity contribution in [3.63, 3.8) is 0 Å². The molecule has 5 rings (SSSR count). The van der Waals surface area contributed by atoms with Gasteiger partial charge in [-0.05, 0) is 119 Å². The summed E-state index contributed by atoms with van der Waals surface area (Å²) < 4.78 is 11.4. The van der Waals surface area contributed by atoms with Crippen molar-refractivity contribution >= 4 is 11.9 Å². The van der Waals surface area contributed by atoms with Gasteiger partial charge < -0.3 is 14.6 Å². The summed E-state index contributed by atoms with van der Waals surface area (Å²) in [5.41, 5.74) is 1.23. The minimum Gasteiger partial charge on any atom is -0.390 e. The second kappa shape index (κ2) is 10.4. The average molecular weight is 528 g/mol. The number of ether oxygens (including phenoxy) is 2. The van der Waals surface area contributed by atoms with E-state index in [-0.39, 0.29) is 35.2 Å². The number of carbonyl (C=O) groups is 1. The highest BCUT2D eigenvalue weighted by molar-refractivity contribution is 5.82.